The molecule has 0 bridgehead atoms. The molecule has 3 aromatic carbocycles. The predicted molar refractivity (Wildman–Crippen MR) is 166 cm³/mol. The summed E-state index contributed by atoms with van der Waals surface area (Å²) in [4.78, 5) is 40.3. The molecule has 0 atom stereocenters. The van der Waals surface area contributed by atoms with Crippen molar-refractivity contribution in [3.8, 4) is 40.0 Å². The largest absolute Gasteiger partial charge is 0.489 e. The third-order valence-corrected chi connectivity index (χ3v) is 8.38. The highest BCUT2D eigenvalue weighted by Gasteiger charge is 2.36. The molecule has 16 heteroatoms. The van der Waals surface area contributed by atoms with Crippen molar-refractivity contribution in [2.24, 2.45) is 7.05 Å². The summed E-state index contributed by atoms with van der Waals surface area (Å²) in [6.45, 7) is -2.24. The summed E-state index contributed by atoms with van der Waals surface area (Å²) in [5.41, 5.74) is -0.911. The number of hydrogen-bond donors (Lipinski definition) is 1. The average Bonchev–Trinajstić information content (AvgIpc) is 3.76. The molecule has 1 saturated carbocycles. The smallest absolute Gasteiger partial charge is 0.422 e. The van der Waals surface area contributed by atoms with Gasteiger partial charge in [-0.3, -0.25) is 24.0 Å². The van der Waals surface area contributed by atoms with Crippen molar-refractivity contribution < 1.29 is 36.6 Å². The Bertz CT molecular complexity index is 2290. The number of carbonyl (C=O) groups excluding carboxylic acids is 2. The maximum Gasteiger partial charge on any atom is 0.422 e. The van der Waals surface area contributed by atoms with Crippen LogP contribution in [0.25, 0.3) is 33.2 Å². The fraction of sp³-hybridized carbons (Fsp3) is 0.212. The van der Waals surface area contributed by atoms with Gasteiger partial charge in [0, 0.05) is 24.1 Å². The number of halogens is 5. The zero-order valence-electron chi connectivity index (χ0n) is 25.2. The highest BCUT2D eigenvalue weighted by molar-refractivity contribution is 6.31. The summed E-state index contributed by atoms with van der Waals surface area (Å²) in [6, 6.07) is 11.8. The van der Waals surface area contributed by atoms with E-state index < -0.39 is 48.3 Å². The number of ether oxygens (including phenoxy) is 2. The minimum Gasteiger partial charge on any atom is -0.489 e. The molecule has 1 aliphatic carbocycles. The standard InChI is InChI=1S/C33H21ClF4N6O5/c1-43-29(27-20(11-39)24(49-16-6-7-16)10-22(34)28(27)35)21(12-40-43)15-8-19-23(13-44-31(46)17-4-2-3-5-18(17)32(44)47)41-42-30(45)26(19)25(9-15)48-14-33(36,37)38/h2-5,8-10,12,16H,6-7,13-14H2,1H3,(H,42,45). The third-order valence-electron chi connectivity index (χ3n) is 8.11. The number of nitrogens with zero attached hydrogens (tertiary/aromatic N) is 5. The Hall–Kier alpha value is -5.75. The van der Waals surface area contributed by atoms with E-state index >= 15 is 4.39 Å². The van der Waals surface area contributed by atoms with Gasteiger partial charge in [0.1, 0.15) is 23.1 Å². The first kappa shape index (κ1) is 31.8. The van der Waals surface area contributed by atoms with Crippen molar-refractivity contribution in [1.82, 2.24) is 24.9 Å². The van der Waals surface area contributed by atoms with Crippen molar-refractivity contribution in [3.63, 3.8) is 0 Å². The Morgan fingerprint density at radius 1 is 1.06 bits per heavy atom. The number of rotatable bonds is 8. The van der Waals surface area contributed by atoms with Crippen LogP contribution in [0.4, 0.5) is 17.6 Å². The second kappa shape index (κ2) is 11.7. The zero-order valence-corrected chi connectivity index (χ0v) is 25.9. The number of benzene rings is 3. The topological polar surface area (TPSA) is 143 Å². The molecule has 1 fully saturated rings. The molecule has 2 amide bonds. The summed E-state index contributed by atoms with van der Waals surface area (Å²) in [5, 5.41) is 19.9. The van der Waals surface area contributed by atoms with E-state index in [0.717, 1.165) is 23.8 Å². The van der Waals surface area contributed by atoms with E-state index in [1.807, 2.05) is 6.07 Å². The number of nitrogens with one attached hydrogen (secondary N) is 1. The second-order valence-corrected chi connectivity index (χ2v) is 11.8. The molecule has 248 valence electrons. The lowest BCUT2D eigenvalue weighted by molar-refractivity contribution is -0.153. The average molecular weight is 693 g/mol. The van der Waals surface area contributed by atoms with E-state index in [-0.39, 0.29) is 72.4 Å². The van der Waals surface area contributed by atoms with Gasteiger partial charge in [-0.25, -0.2) is 9.49 Å². The summed E-state index contributed by atoms with van der Waals surface area (Å²) >= 11 is 6.26. The Morgan fingerprint density at radius 2 is 1.76 bits per heavy atom. The Morgan fingerprint density at radius 3 is 2.39 bits per heavy atom. The normalized spacial score (nSPS) is 14.3. The van der Waals surface area contributed by atoms with Gasteiger partial charge in [0.25, 0.3) is 17.4 Å². The van der Waals surface area contributed by atoms with Crippen LogP contribution in [0.5, 0.6) is 11.5 Å². The van der Waals surface area contributed by atoms with Gasteiger partial charge >= 0.3 is 6.18 Å². The first-order valence-electron chi connectivity index (χ1n) is 14.7. The number of hydrogen-bond acceptors (Lipinski definition) is 8. The van der Waals surface area contributed by atoms with Crippen LogP contribution in [0, 0.1) is 17.1 Å². The van der Waals surface area contributed by atoms with Crippen LogP contribution in [0.15, 0.2) is 53.5 Å². The number of amides is 2. The lowest BCUT2D eigenvalue weighted by Crippen LogP contribution is -2.30. The van der Waals surface area contributed by atoms with E-state index in [1.165, 1.54) is 42.2 Å². The van der Waals surface area contributed by atoms with E-state index in [9.17, 15) is 32.8 Å². The molecule has 7 rings (SSSR count). The number of aryl methyl sites for hydroxylation is 1. The van der Waals surface area contributed by atoms with E-state index in [2.05, 4.69) is 15.3 Å². The van der Waals surface area contributed by atoms with Gasteiger partial charge in [0.15, 0.2) is 12.4 Å². The van der Waals surface area contributed by atoms with Crippen molar-refractivity contribution in [2.45, 2.75) is 31.7 Å². The van der Waals surface area contributed by atoms with E-state index in [4.69, 9.17) is 21.1 Å². The van der Waals surface area contributed by atoms with Gasteiger partial charge in [-0.1, -0.05) is 23.7 Å². The molecule has 0 radical (unpaired) electrons. The van der Waals surface area contributed by atoms with Crippen LogP contribution in [0.2, 0.25) is 5.02 Å². The van der Waals surface area contributed by atoms with Crippen LogP contribution in [0.3, 0.4) is 0 Å². The summed E-state index contributed by atoms with van der Waals surface area (Å²) in [5.74, 6) is -2.71. The molecular formula is C33H21ClF4N6O5. The number of aromatic amines is 1. The number of aromatic nitrogens is 4. The summed E-state index contributed by atoms with van der Waals surface area (Å²) < 4.78 is 68.3. The summed E-state index contributed by atoms with van der Waals surface area (Å²) in [7, 11) is 1.46. The van der Waals surface area contributed by atoms with Crippen molar-refractivity contribution in [3.05, 3.63) is 92.2 Å². The van der Waals surface area contributed by atoms with Crippen LogP contribution in [0.1, 0.15) is 44.8 Å². The molecule has 0 spiro atoms. The Kier molecular flexibility index (Phi) is 7.63. The second-order valence-electron chi connectivity index (χ2n) is 11.4. The monoisotopic (exact) mass is 692 g/mol. The molecule has 0 unspecified atom stereocenters. The van der Waals surface area contributed by atoms with Gasteiger partial charge < -0.3 is 9.47 Å². The fourth-order valence-electron chi connectivity index (χ4n) is 5.73. The van der Waals surface area contributed by atoms with Crippen molar-refractivity contribution in [2.75, 3.05) is 6.61 Å². The Balaban J connectivity index is 1.43. The number of fused-ring (bicyclic) bond motifs is 2. The third kappa shape index (κ3) is 5.63. The molecule has 3 heterocycles. The minimum atomic E-state index is -4.80. The van der Waals surface area contributed by atoms with Gasteiger partial charge in [-0.15, -0.1) is 0 Å². The maximum atomic E-state index is 15.9. The first-order valence-corrected chi connectivity index (χ1v) is 15.1. The highest BCUT2D eigenvalue weighted by atomic mass is 35.5. The molecular weight excluding hydrogens is 672 g/mol. The van der Waals surface area contributed by atoms with Crippen LogP contribution in [-0.2, 0) is 13.6 Å². The first-order chi connectivity index (χ1) is 23.4. The quantitative estimate of drug-likeness (QED) is 0.156. The van der Waals surface area contributed by atoms with E-state index in [0.29, 0.717) is 0 Å². The van der Waals surface area contributed by atoms with Gasteiger partial charge in [-0.2, -0.15) is 28.6 Å². The van der Waals surface area contributed by atoms with Crippen LogP contribution in [-0.4, -0.2) is 55.6 Å². The Labute approximate surface area is 278 Å². The van der Waals surface area contributed by atoms with Crippen LogP contribution < -0.4 is 15.0 Å². The fourth-order valence-corrected chi connectivity index (χ4v) is 5.93. The molecule has 0 saturated heterocycles. The SMILES string of the molecule is Cn1ncc(-c2cc(OCC(F)(F)F)c3c(=O)[nH]nc(CN4C(=O)c5ccccc5C4=O)c3c2)c1-c1c(F)c(Cl)cc(OC2CC2)c1C#N. The lowest BCUT2D eigenvalue weighted by Gasteiger charge is -2.18. The van der Waals surface area contributed by atoms with Gasteiger partial charge in [-0.05, 0) is 42.7 Å². The zero-order chi connectivity index (χ0) is 34.8. The number of H-pyrrole nitrogens is 1. The minimum absolute atomic E-state index is 0.0121. The summed E-state index contributed by atoms with van der Waals surface area (Å²) in [6.07, 6.45) is -2.21. The number of nitriles is 1. The molecule has 2 aromatic heterocycles. The molecule has 49 heavy (non-hydrogen) atoms. The lowest BCUT2D eigenvalue weighted by atomic mass is 9.95. The molecule has 5 aromatic rings. The molecule has 1 N–H and O–H groups in total. The number of alkyl halides is 3. The van der Waals surface area contributed by atoms with Gasteiger partial charge in [0.2, 0.25) is 0 Å². The number of carbonyl (C=O) groups is 2. The highest BCUT2D eigenvalue weighted by Crippen LogP contribution is 2.44. The van der Waals surface area contributed by atoms with Crippen molar-refractivity contribution >= 4 is 34.2 Å². The van der Waals surface area contributed by atoms with Gasteiger partial charge in [0.05, 0.1) is 57.3 Å². The predicted octanol–water partition coefficient (Wildman–Crippen LogP) is 5.93. The van der Waals surface area contributed by atoms with E-state index in [1.54, 1.807) is 12.1 Å². The van der Waals surface area contributed by atoms with Crippen LogP contribution >= 0.6 is 11.6 Å². The maximum absolute atomic E-state index is 15.9. The molecule has 1 aliphatic heterocycles. The molecule has 11 nitrogen and oxygen atoms in total. The van der Waals surface area contributed by atoms with Crippen molar-refractivity contribution in [1.29, 1.82) is 5.26 Å². The number of imide groups is 1. The molecule has 2 aliphatic rings.